The number of hydrazine groups is 1. The van der Waals surface area contributed by atoms with Gasteiger partial charge in [-0.1, -0.05) is 19.8 Å². The van der Waals surface area contributed by atoms with Crippen LogP contribution < -0.4 is 16.6 Å². The van der Waals surface area contributed by atoms with Crippen molar-refractivity contribution in [2.45, 2.75) is 39.0 Å². The number of nitrogens with zero attached hydrogens (tertiary/aromatic N) is 2. The quantitative estimate of drug-likeness (QED) is 0.538. The Morgan fingerprint density at radius 2 is 2.00 bits per heavy atom. The van der Waals surface area contributed by atoms with Gasteiger partial charge in [-0.25, -0.2) is 15.8 Å². The van der Waals surface area contributed by atoms with E-state index in [4.69, 9.17) is 5.84 Å². The molecule has 0 spiro atoms. The van der Waals surface area contributed by atoms with Crippen molar-refractivity contribution in [1.82, 2.24) is 9.97 Å². The van der Waals surface area contributed by atoms with E-state index in [0.717, 1.165) is 12.4 Å². The third-order valence-electron chi connectivity index (χ3n) is 3.87. The Labute approximate surface area is 102 Å². The Bertz CT molecular complexity index is 360. The van der Waals surface area contributed by atoms with Gasteiger partial charge in [0.05, 0.1) is 0 Å². The summed E-state index contributed by atoms with van der Waals surface area (Å²) in [5.41, 5.74) is 2.99. The van der Waals surface area contributed by atoms with Gasteiger partial charge in [-0.05, 0) is 24.7 Å². The van der Waals surface area contributed by atoms with Gasteiger partial charge in [0, 0.05) is 12.6 Å². The van der Waals surface area contributed by atoms with E-state index in [1.807, 2.05) is 6.07 Å². The number of rotatable bonds is 5. The van der Waals surface area contributed by atoms with Crippen LogP contribution >= 0.6 is 0 Å². The molecule has 1 aliphatic carbocycles. The Morgan fingerprint density at radius 1 is 1.29 bits per heavy atom. The number of nitrogens with two attached hydrogens (primary N) is 1. The van der Waals surface area contributed by atoms with E-state index < -0.39 is 0 Å². The molecule has 5 heteroatoms. The fraction of sp³-hybridized carbons (Fsp3) is 0.667. The first-order valence-electron chi connectivity index (χ1n) is 6.30. The van der Waals surface area contributed by atoms with Crippen LogP contribution in [-0.2, 0) is 0 Å². The minimum absolute atomic E-state index is 0.460. The number of aromatic nitrogens is 2. The molecule has 17 heavy (non-hydrogen) atoms. The van der Waals surface area contributed by atoms with Crippen LogP contribution in [0.3, 0.4) is 0 Å². The predicted molar refractivity (Wildman–Crippen MR) is 69.5 cm³/mol. The summed E-state index contributed by atoms with van der Waals surface area (Å²) in [4.78, 5) is 8.18. The van der Waals surface area contributed by atoms with Crippen molar-refractivity contribution in [2.24, 2.45) is 11.3 Å². The Balaban J connectivity index is 1.96. The molecule has 1 aromatic heterocycles. The van der Waals surface area contributed by atoms with Crippen molar-refractivity contribution in [1.29, 1.82) is 0 Å². The summed E-state index contributed by atoms with van der Waals surface area (Å²) >= 11 is 0. The van der Waals surface area contributed by atoms with E-state index in [-0.39, 0.29) is 0 Å². The maximum absolute atomic E-state index is 5.32. The Morgan fingerprint density at radius 3 is 2.65 bits per heavy atom. The molecule has 0 unspecified atom stereocenters. The molecule has 0 atom stereocenters. The van der Waals surface area contributed by atoms with Crippen molar-refractivity contribution in [3.63, 3.8) is 0 Å². The van der Waals surface area contributed by atoms with E-state index in [0.29, 0.717) is 11.2 Å². The van der Waals surface area contributed by atoms with E-state index in [2.05, 4.69) is 27.6 Å². The summed E-state index contributed by atoms with van der Waals surface area (Å²) < 4.78 is 0. The minimum Gasteiger partial charge on any atom is -0.369 e. The first-order valence-corrected chi connectivity index (χ1v) is 6.30. The smallest absolute Gasteiger partial charge is 0.145 e. The third kappa shape index (κ3) is 2.85. The number of anilines is 2. The Kier molecular flexibility index (Phi) is 3.78. The van der Waals surface area contributed by atoms with Gasteiger partial charge < -0.3 is 10.7 Å². The maximum Gasteiger partial charge on any atom is 0.145 e. The van der Waals surface area contributed by atoms with Crippen molar-refractivity contribution in [2.75, 3.05) is 17.3 Å². The largest absolute Gasteiger partial charge is 0.369 e. The summed E-state index contributed by atoms with van der Waals surface area (Å²) in [5.74, 6) is 6.80. The highest BCUT2D eigenvalue weighted by molar-refractivity contribution is 5.45. The molecular weight excluding hydrogens is 214 g/mol. The topological polar surface area (TPSA) is 75.9 Å². The van der Waals surface area contributed by atoms with Gasteiger partial charge in [0.25, 0.3) is 0 Å². The molecule has 1 heterocycles. The number of hydrogen-bond acceptors (Lipinski definition) is 5. The van der Waals surface area contributed by atoms with Crippen molar-refractivity contribution in [3.05, 3.63) is 12.4 Å². The highest BCUT2D eigenvalue weighted by Gasteiger charge is 2.31. The molecule has 1 aliphatic rings. The van der Waals surface area contributed by atoms with Gasteiger partial charge in [0.15, 0.2) is 0 Å². The summed E-state index contributed by atoms with van der Waals surface area (Å²) in [7, 11) is 0. The summed E-state index contributed by atoms with van der Waals surface area (Å²) in [6, 6.07) is 1.83. The minimum atomic E-state index is 0.460. The van der Waals surface area contributed by atoms with Crippen LogP contribution in [0.1, 0.15) is 39.0 Å². The highest BCUT2D eigenvalue weighted by atomic mass is 15.3. The van der Waals surface area contributed by atoms with Crippen LogP contribution in [0.15, 0.2) is 12.4 Å². The van der Waals surface area contributed by atoms with Gasteiger partial charge in [-0.3, -0.25) is 0 Å². The van der Waals surface area contributed by atoms with Crippen LogP contribution in [0, 0.1) is 5.41 Å². The van der Waals surface area contributed by atoms with E-state index in [1.165, 1.54) is 38.4 Å². The first-order chi connectivity index (χ1) is 8.28. The summed E-state index contributed by atoms with van der Waals surface area (Å²) in [5, 5.41) is 3.41. The van der Waals surface area contributed by atoms with Gasteiger partial charge in [-0.15, -0.1) is 0 Å². The average Bonchev–Trinajstić information content (AvgIpc) is 2.86. The molecule has 1 aromatic rings. The number of hydrogen-bond donors (Lipinski definition) is 3. The third-order valence-corrected chi connectivity index (χ3v) is 3.87. The van der Waals surface area contributed by atoms with Crippen molar-refractivity contribution in [3.8, 4) is 0 Å². The number of nitrogens with one attached hydrogen (secondary N) is 2. The molecule has 5 nitrogen and oxygen atoms in total. The van der Waals surface area contributed by atoms with E-state index in [9.17, 15) is 0 Å². The van der Waals surface area contributed by atoms with Crippen molar-refractivity contribution >= 4 is 11.6 Å². The Hall–Kier alpha value is -1.36. The maximum atomic E-state index is 5.32. The van der Waals surface area contributed by atoms with Crippen LogP contribution in [0.2, 0.25) is 0 Å². The zero-order valence-corrected chi connectivity index (χ0v) is 10.4. The van der Waals surface area contributed by atoms with Crippen LogP contribution in [0.4, 0.5) is 11.6 Å². The second kappa shape index (κ2) is 5.31. The molecule has 94 valence electrons. The molecule has 0 saturated heterocycles. The summed E-state index contributed by atoms with van der Waals surface area (Å²) in [6.45, 7) is 3.27. The molecule has 0 aromatic carbocycles. The fourth-order valence-electron chi connectivity index (χ4n) is 2.59. The lowest BCUT2D eigenvalue weighted by atomic mass is 9.83. The van der Waals surface area contributed by atoms with Gasteiger partial charge in [0.2, 0.25) is 0 Å². The van der Waals surface area contributed by atoms with Gasteiger partial charge in [0.1, 0.15) is 18.0 Å². The lowest BCUT2D eigenvalue weighted by Crippen LogP contribution is -2.26. The van der Waals surface area contributed by atoms with Gasteiger partial charge in [-0.2, -0.15) is 0 Å². The van der Waals surface area contributed by atoms with E-state index >= 15 is 0 Å². The predicted octanol–water partition coefficient (Wildman–Crippen LogP) is 2.14. The lowest BCUT2D eigenvalue weighted by molar-refractivity contribution is 0.306. The molecule has 1 fully saturated rings. The first kappa shape index (κ1) is 12.1. The normalized spacial score (nSPS) is 18.0. The number of nitrogen functional groups attached to an aromatic ring is 1. The highest BCUT2D eigenvalue weighted by Crippen LogP contribution is 2.40. The van der Waals surface area contributed by atoms with Crippen molar-refractivity contribution < 1.29 is 0 Å². The molecular formula is C12H21N5. The molecule has 2 rings (SSSR count). The molecule has 0 amide bonds. The molecule has 0 radical (unpaired) electrons. The van der Waals surface area contributed by atoms with E-state index in [1.54, 1.807) is 0 Å². The van der Waals surface area contributed by atoms with Gasteiger partial charge >= 0.3 is 0 Å². The molecule has 0 bridgehead atoms. The monoisotopic (exact) mass is 235 g/mol. The van der Waals surface area contributed by atoms with Crippen LogP contribution in [-0.4, -0.2) is 16.5 Å². The molecule has 4 N–H and O–H groups in total. The lowest BCUT2D eigenvalue weighted by Gasteiger charge is -2.27. The molecule has 1 saturated carbocycles. The standard InChI is InChI=1S/C12H21N5/c1-2-12(5-3-4-6-12)8-14-10-7-11(17-13)16-9-15-10/h7,9H,2-6,8,13H2,1H3,(H2,14,15,16,17). The summed E-state index contributed by atoms with van der Waals surface area (Å²) in [6.07, 6.45) is 8.11. The van der Waals surface area contributed by atoms with Crippen LogP contribution in [0.25, 0.3) is 0 Å². The second-order valence-corrected chi connectivity index (χ2v) is 4.85. The zero-order chi connectivity index (χ0) is 12.1. The second-order valence-electron chi connectivity index (χ2n) is 4.85. The van der Waals surface area contributed by atoms with Crippen LogP contribution in [0.5, 0.6) is 0 Å². The fourth-order valence-corrected chi connectivity index (χ4v) is 2.59. The zero-order valence-electron chi connectivity index (χ0n) is 10.4. The molecule has 0 aliphatic heterocycles. The SMILES string of the molecule is CCC1(CNc2cc(NN)ncn2)CCCC1. The average molecular weight is 235 g/mol.